The summed E-state index contributed by atoms with van der Waals surface area (Å²) in [6.07, 6.45) is 0. The fourth-order valence-corrected chi connectivity index (χ4v) is 14.5. The predicted octanol–water partition coefficient (Wildman–Crippen LogP) is 15.4. The molecule has 0 radical (unpaired) electrons. The van der Waals surface area contributed by atoms with Crippen molar-refractivity contribution in [1.82, 2.24) is 0 Å². The summed E-state index contributed by atoms with van der Waals surface area (Å²) in [5.41, 5.74) is 2.69. The molecule has 10 aromatic rings. The fraction of sp³-hybridized carbons (Fsp3) is 0.158. The van der Waals surface area contributed by atoms with Gasteiger partial charge in [0.15, 0.2) is 0 Å². The van der Waals surface area contributed by atoms with Crippen LogP contribution in [0.3, 0.4) is 0 Å². The van der Waals surface area contributed by atoms with Gasteiger partial charge >= 0.3 is 0 Å². The molecular weight excluding hydrogens is 681 g/mol. The minimum atomic E-state index is 1.34. The highest BCUT2D eigenvalue weighted by molar-refractivity contribution is 7.38. The van der Waals surface area contributed by atoms with Gasteiger partial charge in [-0.1, -0.05) is 24.3 Å². The molecule has 224 valence electrons. The van der Waals surface area contributed by atoms with Gasteiger partial charge in [-0.25, -0.2) is 0 Å². The molecule has 0 bridgehead atoms. The number of fused-ring (bicyclic) bond motifs is 10. The van der Waals surface area contributed by atoms with E-state index in [-0.39, 0.29) is 0 Å². The van der Waals surface area contributed by atoms with E-state index in [9.17, 15) is 0 Å². The van der Waals surface area contributed by atoms with E-state index >= 15 is 0 Å². The zero-order valence-electron chi connectivity index (χ0n) is 25.8. The highest BCUT2D eigenvalue weighted by Gasteiger charge is 2.12. The van der Waals surface area contributed by atoms with Crippen LogP contribution in [0.1, 0.15) is 30.6 Å². The van der Waals surface area contributed by atoms with Crippen molar-refractivity contribution in [1.29, 1.82) is 0 Å². The van der Waals surface area contributed by atoms with Crippen molar-refractivity contribution in [2.45, 2.75) is 41.5 Å². The predicted molar refractivity (Wildman–Crippen MR) is 215 cm³/mol. The minimum Gasteiger partial charge on any atom is -0.141 e. The lowest BCUT2D eigenvalue weighted by atomic mass is 10.1. The third kappa shape index (κ3) is 5.57. The average molecular weight is 711 g/mol. The highest BCUT2D eigenvalue weighted by Crippen LogP contribution is 2.45. The fourth-order valence-electron chi connectivity index (χ4n) is 5.88. The van der Waals surface area contributed by atoms with Crippen molar-refractivity contribution in [2.75, 3.05) is 0 Å². The molecule has 7 heterocycles. The van der Waals surface area contributed by atoms with E-state index in [0.29, 0.717) is 0 Å². The standard InChI is InChI=1S/C16H12S2.C12H10S2.C10H8S3/c1-9-3-5-11-13(7-9)17-16-12-6-4-10(2)8-14(12)18-15(11)16;1-7-3-9-5-12-10(4-8(2)14-12)6-11(9)13-7;1-5-3-7-9(11-5)10-8(13-7)4-6(2)12-10/h3-8H,1-2H3;3-6H,1-2H3;3-4H,1-2H3. The third-order valence-corrected chi connectivity index (χ3v) is 16.0. The lowest BCUT2D eigenvalue weighted by molar-refractivity contribution is 1.52. The van der Waals surface area contributed by atoms with E-state index < -0.39 is 0 Å². The van der Waals surface area contributed by atoms with Crippen LogP contribution in [0, 0.1) is 41.5 Å². The molecule has 0 unspecified atom stereocenters. The number of thiophene rings is 7. The summed E-state index contributed by atoms with van der Waals surface area (Å²) in [5, 5.41) is 5.61. The van der Waals surface area contributed by atoms with E-state index in [1.807, 2.05) is 79.4 Å². The van der Waals surface area contributed by atoms with Crippen LogP contribution < -0.4 is 0 Å². The van der Waals surface area contributed by atoms with Crippen molar-refractivity contribution in [2.24, 2.45) is 0 Å². The number of hydrogen-bond donors (Lipinski definition) is 0. The topological polar surface area (TPSA) is 0 Å². The lowest BCUT2D eigenvalue weighted by Crippen LogP contribution is -1.68. The third-order valence-electron chi connectivity index (χ3n) is 7.86. The van der Waals surface area contributed by atoms with Crippen LogP contribution >= 0.6 is 79.4 Å². The van der Waals surface area contributed by atoms with Crippen LogP contribution in [0.15, 0.2) is 72.8 Å². The summed E-state index contributed by atoms with van der Waals surface area (Å²) in [7, 11) is 0. The van der Waals surface area contributed by atoms with Crippen molar-refractivity contribution < 1.29 is 0 Å². The molecule has 0 atom stereocenters. The molecule has 0 spiro atoms. The van der Waals surface area contributed by atoms with Gasteiger partial charge < -0.3 is 0 Å². The number of hydrogen-bond acceptors (Lipinski definition) is 7. The highest BCUT2D eigenvalue weighted by atomic mass is 32.1. The van der Waals surface area contributed by atoms with Gasteiger partial charge in [0, 0.05) is 58.5 Å². The summed E-state index contributed by atoms with van der Waals surface area (Å²) in [5.74, 6) is 0. The average Bonchev–Trinajstić information content (AvgIpc) is 3.82. The molecule has 0 aliphatic rings. The van der Waals surface area contributed by atoms with Crippen LogP contribution in [-0.2, 0) is 0 Å². The van der Waals surface area contributed by atoms with E-state index in [4.69, 9.17) is 0 Å². The number of aryl methyl sites for hydroxylation is 6. The first kappa shape index (κ1) is 29.8. The molecule has 0 aliphatic carbocycles. The molecule has 0 saturated heterocycles. The number of benzene rings is 3. The Hall–Kier alpha value is -2.62. The van der Waals surface area contributed by atoms with Crippen LogP contribution in [0.5, 0.6) is 0 Å². The first-order valence-electron chi connectivity index (χ1n) is 14.8. The normalized spacial score (nSPS) is 11.8. The van der Waals surface area contributed by atoms with Crippen molar-refractivity contribution in [3.8, 4) is 0 Å². The molecular formula is C38H30S7. The van der Waals surface area contributed by atoms with Crippen LogP contribution in [-0.4, -0.2) is 0 Å². The Labute approximate surface area is 290 Å². The molecule has 0 nitrogen and oxygen atoms in total. The van der Waals surface area contributed by atoms with Gasteiger partial charge in [-0.2, -0.15) is 0 Å². The van der Waals surface area contributed by atoms with Crippen molar-refractivity contribution >= 4 is 148 Å². The van der Waals surface area contributed by atoms with E-state index in [1.54, 1.807) is 0 Å². The largest absolute Gasteiger partial charge is 0.141 e. The Balaban J connectivity index is 0.000000102. The zero-order chi connectivity index (χ0) is 31.0. The molecule has 0 aliphatic heterocycles. The molecule has 45 heavy (non-hydrogen) atoms. The minimum absolute atomic E-state index is 1.34. The van der Waals surface area contributed by atoms with Gasteiger partial charge in [0.25, 0.3) is 0 Å². The monoisotopic (exact) mass is 710 g/mol. The van der Waals surface area contributed by atoms with Gasteiger partial charge in [0.2, 0.25) is 0 Å². The molecule has 0 amide bonds. The summed E-state index contributed by atoms with van der Waals surface area (Å²) in [6, 6.07) is 27.3. The van der Waals surface area contributed by atoms with Crippen LogP contribution in [0.25, 0.3) is 68.5 Å². The summed E-state index contributed by atoms with van der Waals surface area (Å²) in [4.78, 5) is 5.65. The summed E-state index contributed by atoms with van der Waals surface area (Å²) in [6.45, 7) is 13.0. The second-order valence-corrected chi connectivity index (χ2v) is 20.0. The Morgan fingerprint density at radius 3 is 1.18 bits per heavy atom. The van der Waals surface area contributed by atoms with Crippen molar-refractivity contribution in [3.63, 3.8) is 0 Å². The maximum absolute atomic E-state index is 2.31. The quantitative estimate of drug-likeness (QED) is 0.147. The molecule has 0 fully saturated rings. The molecule has 3 aromatic carbocycles. The summed E-state index contributed by atoms with van der Waals surface area (Å²) >= 11 is 13.4. The van der Waals surface area contributed by atoms with Crippen molar-refractivity contribution in [3.05, 3.63) is 103 Å². The summed E-state index contributed by atoms with van der Waals surface area (Å²) < 4.78 is 14.5. The molecule has 0 saturated carbocycles. The van der Waals surface area contributed by atoms with E-state index in [0.717, 1.165) is 0 Å². The van der Waals surface area contributed by atoms with Crippen LogP contribution in [0.4, 0.5) is 0 Å². The maximum atomic E-state index is 2.31. The van der Waals surface area contributed by atoms with E-state index in [2.05, 4.69) is 114 Å². The Kier molecular flexibility index (Phi) is 7.65. The van der Waals surface area contributed by atoms with Gasteiger partial charge in [0.05, 0.1) is 18.8 Å². The second kappa shape index (κ2) is 11.6. The molecule has 10 rings (SSSR count). The van der Waals surface area contributed by atoms with Gasteiger partial charge in [0.1, 0.15) is 0 Å². The molecule has 0 N–H and O–H groups in total. The Morgan fingerprint density at radius 1 is 0.311 bits per heavy atom. The number of rotatable bonds is 0. The molecule has 7 aromatic heterocycles. The first-order valence-corrected chi connectivity index (χ1v) is 20.5. The SMILES string of the molecule is Cc1cc2cc3sc(C)cc3cc2s1.Cc1cc2sc3cc(C)sc3c2s1.Cc1ccc2c(c1)sc1c3ccc(C)cc3sc21. The maximum Gasteiger partial charge on any atom is 0.0632 e. The van der Waals surface area contributed by atoms with Crippen LogP contribution in [0.2, 0.25) is 0 Å². The zero-order valence-corrected chi connectivity index (χ0v) is 31.5. The van der Waals surface area contributed by atoms with Gasteiger partial charge in [-0.15, -0.1) is 79.4 Å². The van der Waals surface area contributed by atoms with E-state index in [1.165, 1.54) is 99.2 Å². The van der Waals surface area contributed by atoms with Gasteiger partial charge in [-0.3, -0.25) is 0 Å². The first-order chi connectivity index (χ1) is 21.7. The van der Waals surface area contributed by atoms with Gasteiger partial charge in [-0.05, 0) is 112 Å². The smallest absolute Gasteiger partial charge is 0.0632 e. The Morgan fingerprint density at radius 2 is 0.733 bits per heavy atom. The molecule has 7 heteroatoms. The second-order valence-electron chi connectivity index (χ2n) is 11.7. The Bertz CT molecular complexity index is 2440. The lowest BCUT2D eigenvalue weighted by Gasteiger charge is -1.93.